The number of hydrogen-bond donors (Lipinski definition) is 3. The molecule has 1 aromatic heterocycles. The van der Waals surface area contributed by atoms with E-state index in [0.29, 0.717) is 23.6 Å². The van der Waals surface area contributed by atoms with E-state index in [-0.39, 0.29) is 24.0 Å². The van der Waals surface area contributed by atoms with Gasteiger partial charge >= 0.3 is 0 Å². The Balaban J connectivity index is 1.84. The Bertz CT molecular complexity index is 1230. The van der Waals surface area contributed by atoms with Crippen molar-refractivity contribution in [2.75, 3.05) is 20.3 Å². The number of aliphatic hydroxyl groups excluding tert-OH is 1. The topological polar surface area (TPSA) is 83.8 Å². The molecule has 3 aromatic rings. The van der Waals surface area contributed by atoms with Crippen LogP contribution in [0.1, 0.15) is 43.4 Å². The third-order valence-corrected chi connectivity index (χ3v) is 8.26. The molecule has 36 heavy (non-hydrogen) atoms. The highest BCUT2D eigenvalue weighted by atomic mass is 79.9. The van der Waals surface area contributed by atoms with Crippen LogP contribution in [0.4, 0.5) is 0 Å². The zero-order valence-corrected chi connectivity index (χ0v) is 22.6. The van der Waals surface area contributed by atoms with Gasteiger partial charge in [0.05, 0.1) is 25.1 Å². The molecule has 1 fully saturated rings. The lowest BCUT2D eigenvalue weighted by molar-refractivity contribution is -0.128. The van der Waals surface area contributed by atoms with Crippen LogP contribution in [0.15, 0.2) is 71.5 Å². The first kappa shape index (κ1) is 25.2. The number of methoxy groups -OCH3 is 1. The number of hydrogen-bond acceptors (Lipinski definition) is 6. The van der Waals surface area contributed by atoms with Crippen molar-refractivity contribution in [1.29, 1.82) is 0 Å². The van der Waals surface area contributed by atoms with E-state index in [9.17, 15) is 10.2 Å². The van der Waals surface area contributed by atoms with Crippen molar-refractivity contribution in [3.63, 3.8) is 0 Å². The van der Waals surface area contributed by atoms with Crippen LogP contribution >= 0.6 is 15.9 Å². The molecule has 0 radical (unpaired) electrons. The van der Waals surface area contributed by atoms with E-state index in [1.165, 1.54) is 0 Å². The second-order valence-electron chi connectivity index (χ2n) is 10.8. The fourth-order valence-corrected chi connectivity index (χ4v) is 6.58. The summed E-state index contributed by atoms with van der Waals surface area (Å²) in [5.74, 6) is -0.0770. The van der Waals surface area contributed by atoms with Gasteiger partial charge in [0.1, 0.15) is 17.1 Å². The van der Waals surface area contributed by atoms with Gasteiger partial charge in [0.2, 0.25) is 0 Å². The second kappa shape index (κ2) is 9.14. The molecule has 0 saturated heterocycles. The van der Waals surface area contributed by atoms with E-state index in [1.807, 2.05) is 42.5 Å². The summed E-state index contributed by atoms with van der Waals surface area (Å²) >= 11 is 3.55. The van der Waals surface area contributed by atoms with Gasteiger partial charge in [0, 0.05) is 40.9 Å². The third kappa shape index (κ3) is 3.67. The van der Waals surface area contributed by atoms with Crippen LogP contribution < -0.4 is 14.8 Å². The Morgan fingerprint density at radius 2 is 1.78 bits per heavy atom. The molecule has 2 aliphatic rings. The Labute approximate surface area is 220 Å². The second-order valence-corrected chi connectivity index (χ2v) is 11.7. The van der Waals surface area contributed by atoms with Crippen LogP contribution in [0.2, 0.25) is 0 Å². The average molecular weight is 553 g/mol. The molecule has 5 atom stereocenters. The van der Waals surface area contributed by atoms with E-state index in [2.05, 4.69) is 59.1 Å². The number of benzene rings is 2. The van der Waals surface area contributed by atoms with E-state index >= 15 is 0 Å². The molecule has 0 bridgehead atoms. The summed E-state index contributed by atoms with van der Waals surface area (Å²) in [5.41, 5.74) is -0.512. The van der Waals surface area contributed by atoms with Crippen molar-refractivity contribution in [2.24, 2.45) is 11.8 Å². The number of rotatable bonds is 6. The van der Waals surface area contributed by atoms with Gasteiger partial charge in [0.15, 0.2) is 5.60 Å². The zero-order chi connectivity index (χ0) is 25.7. The molecule has 5 rings (SSSR count). The lowest BCUT2D eigenvalue weighted by atomic mass is 9.70. The Hall–Kier alpha value is -2.45. The minimum absolute atomic E-state index is 0.108. The number of fused-ring (bicyclic) bond motifs is 3. The Kier molecular flexibility index (Phi) is 6.40. The van der Waals surface area contributed by atoms with Crippen molar-refractivity contribution in [1.82, 2.24) is 10.3 Å². The van der Waals surface area contributed by atoms with E-state index < -0.39 is 17.1 Å². The summed E-state index contributed by atoms with van der Waals surface area (Å²) in [4.78, 5) is 4.34. The number of nitrogens with zero attached hydrogens (tertiary/aromatic N) is 1. The molecular formula is C29H33BrN2O4. The SMILES string of the molecule is COc1cncc2c1[C@]1(O)[C@@H](CNC(C)(C)C)[C@H](CO)[C@@H](c3ccccc3)[C@]1(c1ccc(Br)cc1)O2. The smallest absolute Gasteiger partial charge is 0.174 e. The lowest BCUT2D eigenvalue weighted by Crippen LogP contribution is -2.53. The molecular weight excluding hydrogens is 520 g/mol. The van der Waals surface area contributed by atoms with E-state index in [0.717, 1.165) is 15.6 Å². The molecule has 3 N–H and O–H groups in total. The number of nitrogens with one attached hydrogen (secondary N) is 1. The van der Waals surface area contributed by atoms with Crippen LogP contribution in [-0.2, 0) is 11.2 Å². The number of ether oxygens (including phenoxy) is 2. The van der Waals surface area contributed by atoms with Crippen LogP contribution in [-0.4, -0.2) is 41.0 Å². The quantitative estimate of drug-likeness (QED) is 0.409. The van der Waals surface area contributed by atoms with Crippen molar-refractivity contribution in [2.45, 2.75) is 43.4 Å². The minimum Gasteiger partial charge on any atom is -0.495 e. The van der Waals surface area contributed by atoms with Gasteiger partial charge in [-0.1, -0.05) is 58.4 Å². The summed E-state index contributed by atoms with van der Waals surface area (Å²) in [6.45, 7) is 6.66. The van der Waals surface area contributed by atoms with Crippen LogP contribution in [0.25, 0.3) is 0 Å². The molecule has 7 heteroatoms. The molecule has 2 heterocycles. The Morgan fingerprint density at radius 3 is 2.39 bits per heavy atom. The fraction of sp³-hybridized carbons (Fsp3) is 0.414. The number of aliphatic hydroxyl groups is 2. The first-order valence-corrected chi connectivity index (χ1v) is 13.1. The third-order valence-electron chi connectivity index (χ3n) is 7.73. The molecule has 0 amide bonds. The van der Waals surface area contributed by atoms with Crippen molar-refractivity contribution in [3.8, 4) is 11.5 Å². The normalized spacial score (nSPS) is 28.9. The highest BCUT2D eigenvalue weighted by Gasteiger charge is 2.76. The van der Waals surface area contributed by atoms with Crippen LogP contribution in [0.3, 0.4) is 0 Å². The number of halogens is 1. The van der Waals surface area contributed by atoms with Crippen LogP contribution in [0, 0.1) is 11.8 Å². The molecule has 1 aliphatic carbocycles. The van der Waals surface area contributed by atoms with Gasteiger partial charge < -0.3 is 25.0 Å². The predicted molar refractivity (Wildman–Crippen MR) is 142 cm³/mol. The molecule has 6 nitrogen and oxygen atoms in total. The standard InChI is InChI=1S/C29H33BrN2O4/c1-27(2,3)32-14-22-21(17-33)25(18-8-6-5-7-9-18)29(19-10-12-20(30)13-11-19)28(22,34)26-23(35-4)15-31-16-24(26)36-29/h5-13,15-16,21-22,25,32-34H,14,17H2,1-4H3/t21-,22-,25+,28+,29-/m0/s1. The number of aromatic nitrogens is 1. The zero-order valence-electron chi connectivity index (χ0n) is 21.0. The summed E-state index contributed by atoms with van der Waals surface area (Å²) in [6, 6.07) is 18.0. The average Bonchev–Trinajstić information content (AvgIpc) is 3.25. The highest BCUT2D eigenvalue weighted by molar-refractivity contribution is 9.10. The maximum Gasteiger partial charge on any atom is 0.174 e. The van der Waals surface area contributed by atoms with Gasteiger partial charge in [-0.3, -0.25) is 4.98 Å². The summed E-state index contributed by atoms with van der Waals surface area (Å²) < 4.78 is 13.6. The lowest BCUT2D eigenvalue weighted by Gasteiger charge is -2.42. The van der Waals surface area contributed by atoms with Crippen molar-refractivity contribution in [3.05, 3.63) is 88.2 Å². The minimum atomic E-state index is -1.52. The maximum atomic E-state index is 13.2. The highest BCUT2D eigenvalue weighted by Crippen LogP contribution is 2.71. The van der Waals surface area contributed by atoms with Crippen molar-refractivity contribution < 1.29 is 19.7 Å². The van der Waals surface area contributed by atoms with Gasteiger partial charge in [0.25, 0.3) is 0 Å². The summed E-state index contributed by atoms with van der Waals surface area (Å²) in [7, 11) is 1.58. The number of pyridine rings is 1. The molecule has 2 aromatic carbocycles. The monoisotopic (exact) mass is 552 g/mol. The molecule has 1 aliphatic heterocycles. The summed E-state index contributed by atoms with van der Waals surface area (Å²) in [6.07, 6.45) is 3.27. The maximum absolute atomic E-state index is 13.2. The predicted octanol–water partition coefficient (Wildman–Crippen LogP) is 4.74. The van der Waals surface area contributed by atoms with Gasteiger partial charge in [-0.15, -0.1) is 0 Å². The molecule has 1 saturated carbocycles. The summed E-state index contributed by atoms with van der Waals surface area (Å²) in [5, 5.41) is 27.7. The first-order chi connectivity index (χ1) is 17.2. The van der Waals surface area contributed by atoms with Gasteiger partial charge in [-0.25, -0.2) is 0 Å². The molecule has 190 valence electrons. The molecule has 0 spiro atoms. The van der Waals surface area contributed by atoms with E-state index in [4.69, 9.17) is 9.47 Å². The largest absolute Gasteiger partial charge is 0.495 e. The molecule has 0 unspecified atom stereocenters. The fourth-order valence-electron chi connectivity index (χ4n) is 6.32. The van der Waals surface area contributed by atoms with Crippen molar-refractivity contribution >= 4 is 15.9 Å². The van der Waals surface area contributed by atoms with Gasteiger partial charge in [-0.2, -0.15) is 0 Å². The first-order valence-electron chi connectivity index (χ1n) is 12.3. The Morgan fingerprint density at radius 1 is 1.08 bits per heavy atom. The van der Waals surface area contributed by atoms with Crippen LogP contribution in [0.5, 0.6) is 11.5 Å². The van der Waals surface area contributed by atoms with Gasteiger partial charge in [-0.05, 0) is 44.0 Å². The van der Waals surface area contributed by atoms with E-state index in [1.54, 1.807) is 19.5 Å².